The van der Waals surface area contributed by atoms with E-state index in [-0.39, 0.29) is 18.1 Å². The van der Waals surface area contributed by atoms with Crippen LogP contribution in [0.2, 0.25) is 0 Å². The molecule has 2 saturated carbocycles. The molecule has 2 fully saturated rings. The third-order valence-electron chi connectivity index (χ3n) is 6.26. The Hall–Kier alpha value is -0.640. The second-order valence-corrected chi connectivity index (χ2v) is 8.62. The minimum Gasteiger partial charge on any atom is -0.392 e. The van der Waals surface area contributed by atoms with Crippen LogP contribution in [0.15, 0.2) is 23.8 Å². The summed E-state index contributed by atoms with van der Waals surface area (Å²) in [6.45, 7) is 10.8. The fourth-order valence-corrected chi connectivity index (χ4v) is 4.66. The van der Waals surface area contributed by atoms with Gasteiger partial charge in [-0.2, -0.15) is 0 Å². The number of allylic oxidation sites excluding steroid dienone is 2. The molecule has 3 N–H and O–H groups in total. The molecule has 0 amide bonds. The highest BCUT2D eigenvalue weighted by Gasteiger charge is 2.44. The SMILES string of the molecule is CCCCC=C1C[C@H]2C[C@@H](O)[C@H](C=C[C@@H](O)CCCCC)[C@H]2C1.CCNCC. The topological polar surface area (TPSA) is 52.5 Å². The molecule has 0 aromatic carbocycles. The van der Waals surface area contributed by atoms with E-state index >= 15 is 0 Å². The number of hydrogen-bond donors (Lipinski definition) is 3. The normalized spacial score (nSPS) is 29.1. The van der Waals surface area contributed by atoms with Crippen LogP contribution in [0.1, 0.15) is 91.9 Å². The van der Waals surface area contributed by atoms with Crippen molar-refractivity contribution in [1.82, 2.24) is 5.32 Å². The summed E-state index contributed by atoms with van der Waals surface area (Å²) >= 11 is 0. The first kappa shape index (κ1) is 25.4. The predicted molar refractivity (Wildman–Crippen MR) is 121 cm³/mol. The summed E-state index contributed by atoms with van der Waals surface area (Å²) in [6.07, 6.45) is 17.3. The van der Waals surface area contributed by atoms with E-state index in [1.165, 1.54) is 38.5 Å². The maximum Gasteiger partial charge on any atom is 0.0721 e. The number of hydrogen-bond acceptors (Lipinski definition) is 3. The van der Waals surface area contributed by atoms with E-state index in [4.69, 9.17) is 0 Å². The highest BCUT2D eigenvalue weighted by molar-refractivity contribution is 5.17. The summed E-state index contributed by atoms with van der Waals surface area (Å²) in [7, 11) is 0. The van der Waals surface area contributed by atoms with Gasteiger partial charge < -0.3 is 15.5 Å². The molecule has 0 aromatic heterocycles. The van der Waals surface area contributed by atoms with E-state index in [1.807, 2.05) is 6.08 Å². The maximum absolute atomic E-state index is 10.4. The Morgan fingerprint density at radius 1 is 1.04 bits per heavy atom. The van der Waals surface area contributed by atoms with Crippen molar-refractivity contribution in [3.8, 4) is 0 Å². The molecule has 0 heterocycles. The summed E-state index contributed by atoms with van der Waals surface area (Å²) in [5.41, 5.74) is 1.61. The molecule has 2 aliphatic rings. The Bertz CT molecular complexity index is 444. The van der Waals surface area contributed by atoms with Gasteiger partial charge in [-0.3, -0.25) is 0 Å². The zero-order valence-corrected chi connectivity index (χ0v) is 19.0. The van der Waals surface area contributed by atoms with Gasteiger partial charge >= 0.3 is 0 Å². The van der Waals surface area contributed by atoms with E-state index in [0.717, 1.165) is 38.8 Å². The average Bonchev–Trinajstić information content (AvgIpc) is 3.18. The zero-order chi connectivity index (χ0) is 20.8. The van der Waals surface area contributed by atoms with Gasteiger partial charge in [0, 0.05) is 5.92 Å². The fourth-order valence-electron chi connectivity index (χ4n) is 4.66. The standard InChI is InChI=1S/C21H36O2.C4H11N/c1-3-5-7-9-16-13-17-15-21(23)19(20(17)14-16)12-11-18(22)10-8-6-4-2;1-3-5-4-2/h9,11-12,17-23H,3-8,10,13-15H2,1-2H3;5H,3-4H2,1-2H3/t17-,18-,19+,20-,21+;/m0./s1. The van der Waals surface area contributed by atoms with Gasteiger partial charge in [0.15, 0.2) is 0 Å². The van der Waals surface area contributed by atoms with Crippen molar-refractivity contribution in [3.63, 3.8) is 0 Å². The lowest BCUT2D eigenvalue weighted by atomic mass is 9.90. The predicted octanol–water partition coefficient (Wildman–Crippen LogP) is 5.62. The molecule has 0 saturated heterocycles. The van der Waals surface area contributed by atoms with Crippen LogP contribution in [0.3, 0.4) is 0 Å². The molecule has 3 heteroatoms. The van der Waals surface area contributed by atoms with Gasteiger partial charge in [-0.1, -0.05) is 83.6 Å². The molecule has 2 aliphatic carbocycles. The van der Waals surface area contributed by atoms with Crippen LogP contribution in [0.5, 0.6) is 0 Å². The van der Waals surface area contributed by atoms with Gasteiger partial charge in [-0.25, -0.2) is 0 Å². The summed E-state index contributed by atoms with van der Waals surface area (Å²) in [6, 6.07) is 0. The third kappa shape index (κ3) is 9.24. The fraction of sp³-hybridized carbons (Fsp3) is 0.840. The van der Waals surface area contributed by atoms with Crippen LogP contribution in [0, 0.1) is 17.8 Å². The van der Waals surface area contributed by atoms with E-state index in [1.54, 1.807) is 5.57 Å². The van der Waals surface area contributed by atoms with E-state index in [2.05, 4.69) is 45.2 Å². The molecular weight excluding hydrogens is 346 g/mol. The van der Waals surface area contributed by atoms with Gasteiger partial charge in [0.1, 0.15) is 0 Å². The quantitative estimate of drug-likeness (QED) is 0.315. The lowest BCUT2D eigenvalue weighted by Gasteiger charge is -2.17. The number of aliphatic hydroxyl groups is 2. The van der Waals surface area contributed by atoms with E-state index in [9.17, 15) is 10.2 Å². The Kier molecular flexibility index (Phi) is 13.8. The molecular formula is C25H47NO2. The highest BCUT2D eigenvalue weighted by atomic mass is 16.3. The molecule has 5 atom stereocenters. The number of fused-ring (bicyclic) bond motifs is 1. The van der Waals surface area contributed by atoms with Crippen LogP contribution in [-0.2, 0) is 0 Å². The molecule has 2 rings (SSSR count). The van der Waals surface area contributed by atoms with Crippen molar-refractivity contribution in [1.29, 1.82) is 0 Å². The second-order valence-electron chi connectivity index (χ2n) is 8.62. The first-order valence-electron chi connectivity index (χ1n) is 12.0. The van der Waals surface area contributed by atoms with E-state index in [0.29, 0.717) is 11.8 Å². The van der Waals surface area contributed by atoms with Crippen LogP contribution in [-0.4, -0.2) is 35.5 Å². The van der Waals surface area contributed by atoms with Gasteiger partial charge in [-0.05, 0) is 57.0 Å². The largest absolute Gasteiger partial charge is 0.392 e. The first-order valence-corrected chi connectivity index (χ1v) is 12.0. The number of rotatable bonds is 11. The van der Waals surface area contributed by atoms with Crippen LogP contribution < -0.4 is 5.32 Å². The highest BCUT2D eigenvalue weighted by Crippen LogP contribution is 2.50. The number of unbranched alkanes of at least 4 members (excludes halogenated alkanes) is 4. The van der Waals surface area contributed by atoms with Crippen LogP contribution in [0.25, 0.3) is 0 Å². The van der Waals surface area contributed by atoms with Gasteiger partial charge in [0.05, 0.1) is 12.2 Å². The zero-order valence-electron chi connectivity index (χ0n) is 19.0. The smallest absolute Gasteiger partial charge is 0.0721 e. The summed E-state index contributed by atoms with van der Waals surface area (Å²) in [4.78, 5) is 0. The maximum atomic E-state index is 10.4. The van der Waals surface area contributed by atoms with Gasteiger partial charge in [0.2, 0.25) is 0 Å². The van der Waals surface area contributed by atoms with Crippen molar-refractivity contribution in [2.45, 2.75) is 104 Å². The lowest BCUT2D eigenvalue weighted by molar-refractivity contribution is 0.139. The summed E-state index contributed by atoms with van der Waals surface area (Å²) in [5.74, 6) is 1.50. The molecule has 28 heavy (non-hydrogen) atoms. The molecule has 0 unspecified atom stereocenters. The van der Waals surface area contributed by atoms with Crippen molar-refractivity contribution >= 4 is 0 Å². The van der Waals surface area contributed by atoms with Crippen LogP contribution >= 0.6 is 0 Å². The molecule has 3 nitrogen and oxygen atoms in total. The Balaban J connectivity index is 0.000000696. The Labute approximate surface area is 174 Å². The monoisotopic (exact) mass is 393 g/mol. The van der Waals surface area contributed by atoms with Crippen molar-refractivity contribution in [2.24, 2.45) is 17.8 Å². The van der Waals surface area contributed by atoms with Crippen molar-refractivity contribution < 1.29 is 10.2 Å². The number of aliphatic hydroxyl groups excluding tert-OH is 2. The Morgan fingerprint density at radius 2 is 1.75 bits per heavy atom. The van der Waals surface area contributed by atoms with Crippen molar-refractivity contribution in [3.05, 3.63) is 23.8 Å². The number of nitrogens with one attached hydrogen (secondary N) is 1. The van der Waals surface area contributed by atoms with Crippen LogP contribution in [0.4, 0.5) is 0 Å². The third-order valence-corrected chi connectivity index (χ3v) is 6.26. The van der Waals surface area contributed by atoms with E-state index < -0.39 is 0 Å². The van der Waals surface area contributed by atoms with Crippen molar-refractivity contribution in [2.75, 3.05) is 13.1 Å². The summed E-state index contributed by atoms with van der Waals surface area (Å²) < 4.78 is 0. The Morgan fingerprint density at radius 3 is 2.36 bits per heavy atom. The minimum absolute atomic E-state index is 0.207. The molecule has 0 aromatic rings. The molecule has 164 valence electrons. The average molecular weight is 394 g/mol. The minimum atomic E-state index is -0.339. The molecule has 0 bridgehead atoms. The molecule has 0 aliphatic heterocycles. The van der Waals surface area contributed by atoms with Gasteiger partial charge in [-0.15, -0.1) is 0 Å². The summed E-state index contributed by atoms with van der Waals surface area (Å²) in [5, 5.41) is 23.6. The molecule has 0 radical (unpaired) electrons. The molecule has 0 spiro atoms. The van der Waals surface area contributed by atoms with Gasteiger partial charge in [0.25, 0.3) is 0 Å². The lowest BCUT2D eigenvalue weighted by Crippen LogP contribution is -2.17. The first-order chi connectivity index (χ1) is 13.6. The second kappa shape index (κ2) is 15.2.